The number of amides is 3. The number of nitrogens with one attached hydrogen (secondary N) is 2. The first-order valence-electron chi connectivity index (χ1n) is 13.0. The van der Waals surface area contributed by atoms with E-state index in [9.17, 15) is 14.4 Å². The fourth-order valence-corrected chi connectivity index (χ4v) is 4.71. The summed E-state index contributed by atoms with van der Waals surface area (Å²) in [7, 11) is 0. The molecule has 1 atom stereocenters. The van der Waals surface area contributed by atoms with E-state index in [1.807, 2.05) is 24.5 Å². The van der Waals surface area contributed by atoms with Crippen LogP contribution in [0.5, 0.6) is 5.75 Å². The van der Waals surface area contributed by atoms with E-state index in [0.29, 0.717) is 54.4 Å². The number of alkyl carbamates (subject to hydrolysis) is 1. The molecule has 3 amide bonds. The lowest BCUT2D eigenvalue weighted by Gasteiger charge is -2.27. The highest BCUT2D eigenvalue weighted by Crippen LogP contribution is 2.38. The molecule has 4 heterocycles. The molecule has 1 aliphatic rings. The first kappa shape index (κ1) is 26.7. The summed E-state index contributed by atoms with van der Waals surface area (Å²) < 4.78 is 14.8. The molecule has 208 valence electrons. The van der Waals surface area contributed by atoms with Gasteiger partial charge in [0.1, 0.15) is 30.2 Å². The van der Waals surface area contributed by atoms with E-state index >= 15 is 0 Å². The Kier molecular flexibility index (Phi) is 7.62. The van der Waals surface area contributed by atoms with Crippen molar-refractivity contribution in [2.75, 3.05) is 18.5 Å². The van der Waals surface area contributed by atoms with Gasteiger partial charge < -0.3 is 25.1 Å². The Balaban J connectivity index is 1.32. The van der Waals surface area contributed by atoms with Crippen molar-refractivity contribution in [3.05, 3.63) is 65.2 Å². The minimum absolute atomic E-state index is 0.132. The molecule has 0 spiro atoms. The zero-order valence-corrected chi connectivity index (χ0v) is 22.2. The molecular formula is C27H30N8O5. The number of nitrogens with two attached hydrogens (primary N) is 1. The molecule has 4 N–H and O–H groups in total. The quantitative estimate of drug-likeness (QED) is 0.255. The summed E-state index contributed by atoms with van der Waals surface area (Å²) in [5.41, 5.74) is 8.84. The highest BCUT2D eigenvalue weighted by molar-refractivity contribution is 6.04. The predicted octanol–water partition coefficient (Wildman–Crippen LogP) is 2.95. The van der Waals surface area contributed by atoms with Gasteiger partial charge in [0.2, 0.25) is 11.9 Å². The Morgan fingerprint density at radius 2 is 2.10 bits per heavy atom. The van der Waals surface area contributed by atoms with Crippen molar-refractivity contribution in [2.24, 2.45) is 5.73 Å². The molecule has 0 saturated carbocycles. The van der Waals surface area contributed by atoms with Gasteiger partial charge in [-0.2, -0.15) is 5.10 Å². The van der Waals surface area contributed by atoms with E-state index in [1.54, 1.807) is 41.3 Å². The molecule has 1 aliphatic heterocycles. The topological polar surface area (TPSA) is 168 Å². The number of carbonyl (C=O) groups excluding carboxylic acids is 3. The second-order valence-electron chi connectivity index (χ2n) is 9.42. The summed E-state index contributed by atoms with van der Waals surface area (Å²) in [5, 5.41) is 10.0. The summed E-state index contributed by atoms with van der Waals surface area (Å²) in [6, 6.07) is 8.29. The number of anilines is 1. The van der Waals surface area contributed by atoms with Crippen molar-refractivity contribution >= 4 is 34.9 Å². The van der Waals surface area contributed by atoms with Crippen LogP contribution in [0.2, 0.25) is 0 Å². The summed E-state index contributed by atoms with van der Waals surface area (Å²) in [4.78, 5) is 45.9. The van der Waals surface area contributed by atoms with E-state index in [4.69, 9.17) is 15.2 Å². The van der Waals surface area contributed by atoms with Crippen LogP contribution < -0.4 is 21.1 Å². The second-order valence-corrected chi connectivity index (χ2v) is 9.42. The van der Waals surface area contributed by atoms with Crippen molar-refractivity contribution in [1.82, 2.24) is 29.6 Å². The number of aryl methyl sites for hydroxylation is 2. The highest BCUT2D eigenvalue weighted by atomic mass is 16.5. The smallest absolute Gasteiger partial charge is 0.407 e. The summed E-state index contributed by atoms with van der Waals surface area (Å²) in [5.74, 6) is -0.176. The summed E-state index contributed by atoms with van der Waals surface area (Å²) in [6.07, 6.45) is 3.99. The van der Waals surface area contributed by atoms with Crippen LogP contribution in [0.4, 0.5) is 10.7 Å². The lowest BCUT2D eigenvalue weighted by atomic mass is 10.1. The van der Waals surface area contributed by atoms with Crippen LogP contribution in [0.1, 0.15) is 57.9 Å². The van der Waals surface area contributed by atoms with E-state index in [2.05, 4.69) is 25.7 Å². The number of carbonyl (C=O) groups is 3. The molecule has 5 rings (SSSR count). The second kappa shape index (κ2) is 11.4. The van der Waals surface area contributed by atoms with Crippen molar-refractivity contribution in [1.29, 1.82) is 0 Å². The van der Waals surface area contributed by atoms with E-state index in [1.165, 1.54) is 0 Å². The van der Waals surface area contributed by atoms with Gasteiger partial charge in [-0.15, -0.1) is 0 Å². The van der Waals surface area contributed by atoms with Gasteiger partial charge in [-0.3, -0.25) is 24.6 Å². The predicted molar refractivity (Wildman–Crippen MR) is 145 cm³/mol. The van der Waals surface area contributed by atoms with Gasteiger partial charge in [0.15, 0.2) is 0 Å². The number of primary amides is 1. The maximum absolute atomic E-state index is 13.2. The molecule has 3 aromatic heterocycles. The van der Waals surface area contributed by atoms with Gasteiger partial charge in [0.25, 0.3) is 5.91 Å². The Morgan fingerprint density at radius 3 is 2.85 bits per heavy atom. The number of pyridine rings is 1. The molecule has 40 heavy (non-hydrogen) atoms. The number of rotatable bonds is 10. The SMILES string of the molecule is CCn1nc(C)cc1C(=O)Nc1nc2cc(C(N)=O)cc3c2n1[C@@H](CCCNC(=O)OCc1cccnc1)CO3. The van der Waals surface area contributed by atoms with Crippen LogP contribution in [-0.4, -0.2) is 55.4 Å². The fraction of sp³-hybridized carbons (Fsp3) is 0.333. The third kappa shape index (κ3) is 5.58. The van der Waals surface area contributed by atoms with E-state index in [-0.39, 0.29) is 30.7 Å². The molecule has 13 nitrogen and oxygen atoms in total. The first-order chi connectivity index (χ1) is 19.3. The first-order valence-corrected chi connectivity index (χ1v) is 13.0. The van der Waals surface area contributed by atoms with Gasteiger partial charge in [-0.25, -0.2) is 9.78 Å². The van der Waals surface area contributed by atoms with Crippen LogP contribution in [0.25, 0.3) is 11.0 Å². The molecule has 4 aromatic rings. The molecule has 0 unspecified atom stereocenters. The average Bonchev–Trinajstić information content (AvgIpc) is 3.52. The van der Waals surface area contributed by atoms with Gasteiger partial charge in [-0.05, 0) is 51.0 Å². The molecule has 0 radical (unpaired) electrons. The van der Waals surface area contributed by atoms with Crippen LogP contribution in [0.3, 0.4) is 0 Å². The lowest BCUT2D eigenvalue weighted by molar-refractivity contribution is 0.0995. The van der Waals surface area contributed by atoms with Crippen molar-refractivity contribution < 1.29 is 23.9 Å². The lowest BCUT2D eigenvalue weighted by Crippen LogP contribution is -2.28. The van der Waals surface area contributed by atoms with Crippen LogP contribution in [0, 0.1) is 6.92 Å². The standard InChI is InChI=1S/C27H30N8O5/c1-3-34-21(10-16(2)33-34)25(37)32-26-31-20-11-18(24(28)36)12-22-23(20)35(26)19(15-39-22)7-5-9-30-27(38)40-14-17-6-4-8-29-13-17/h4,6,8,10-13,19H,3,5,7,9,14-15H2,1-2H3,(H2,28,36)(H,30,38)(H,31,32,37)/t19-/m0/s1. The Hall–Kier alpha value is -4.94. The largest absolute Gasteiger partial charge is 0.489 e. The number of hydrogen-bond donors (Lipinski definition) is 3. The van der Waals surface area contributed by atoms with Gasteiger partial charge in [0, 0.05) is 36.6 Å². The Morgan fingerprint density at radius 1 is 1.25 bits per heavy atom. The molecule has 0 fully saturated rings. The van der Waals surface area contributed by atoms with Gasteiger partial charge in [-0.1, -0.05) is 6.07 Å². The molecule has 0 bridgehead atoms. The Bertz CT molecular complexity index is 1560. The van der Waals surface area contributed by atoms with Gasteiger partial charge >= 0.3 is 6.09 Å². The van der Waals surface area contributed by atoms with Gasteiger partial charge in [0.05, 0.1) is 17.3 Å². The van der Waals surface area contributed by atoms with Crippen LogP contribution in [-0.2, 0) is 17.9 Å². The van der Waals surface area contributed by atoms with E-state index in [0.717, 1.165) is 11.3 Å². The van der Waals surface area contributed by atoms with E-state index < -0.39 is 12.0 Å². The number of aromatic nitrogens is 5. The minimum Gasteiger partial charge on any atom is -0.489 e. The molecule has 0 saturated heterocycles. The molecule has 0 aliphatic carbocycles. The number of imidazole rings is 1. The third-order valence-corrected chi connectivity index (χ3v) is 6.57. The number of benzene rings is 1. The third-order valence-electron chi connectivity index (χ3n) is 6.57. The van der Waals surface area contributed by atoms with Crippen molar-refractivity contribution in [2.45, 2.75) is 45.9 Å². The normalized spacial score (nSPS) is 14.0. The minimum atomic E-state index is -0.604. The van der Waals surface area contributed by atoms with Crippen LogP contribution in [0.15, 0.2) is 42.7 Å². The van der Waals surface area contributed by atoms with Crippen LogP contribution >= 0.6 is 0 Å². The number of nitrogens with zero attached hydrogens (tertiary/aromatic N) is 5. The number of ether oxygens (including phenoxy) is 2. The fourth-order valence-electron chi connectivity index (χ4n) is 4.71. The monoisotopic (exact) mass is 546 g/mol. The Labute approximate surface area is 229 Å². The summed E-state index contributed by atoms with van der Waals surface area (Å²) >= 11 is 0. The maximum Gasteiger partial charge on any atom is 0.407 e. The average molecular weight is 547 g/mol. The zero-order chi connectivity index (χ0) is 28.2. The van der Waals surface area contributed by atoms with Crippen molar-refractivity contribution in [3.63, 3.8) is 0 Å². The summed E-state index contributed by atoms with van der Waals surface area (Å²) in [6.45, 7) is 5.06. The maximum atomic E-state index is 13.2. The molecule has 1 aromatic carbocycles. The highest BCUT2D eigenvalue weighted by Gasteiger charge is 2.29. The zero-order valence-electron chi connectivity index (χ0n) is 22.2. The number of hydrogen-bond acceptors (Lipinski definition) is 8. The molecular weight excluding hydrogens is 516 g/mol. The molecule has 13 heteroatoms. The van der Waals surface area contributed by atoms with Crippen molar-refractivity contribution in [3.8, 4) is 5.75 Å².